The summed E-state index contributed by atoms with van der Waals surface area (Å²) in [6.07, 6.45) is 0. The van der Waals surface area contributed by atoms with Gasteiger partial charge in [0.15, 0.2) is 0 Å². The minimum atomic E-state index is -0.831. The molecule has 0 radical (unpaired) electrons. The Morgan fingerprint density at radius 1 is 1.47 bits per heavy atom. The van der Waals surface area contributed by atoms with Gasteiger partial charge in [-0.25, -0.2) is 0 Å². The number of rotatable bonds is 2. The van der Waals surface area contributed by atoms with Crippen molar-refractivity contribution in [3.63, 3.8) is 0 Å². The first kappa shape index (κ1) is 11.9. The fourth-order valence-electron chi connectivity index (χ4n) is 2.27. The summed E-state index contributed by atoms with van der Waals surface area (Å²) in [5.41, 5.74) is 1.74. The molecular weight excluding hydrogens is 218 g/mol. The molecule has 17 heavy (non-hydrogen) atoms. The highest BCUT2D eigenvalue weighted by Gasteiger charge is 2.31. The van der Waals surface area contributed by atoms with Crippen LogP contribution in [0.2, 0.25) is 0 Å². The average molecular weight is 235 g/mol. The third kappa shape index (κ3) is 2.26. The lowest BCUT2D eigenvalue weighted by atomic mass is 9.89. The third-order valence-corrected chi connectivity index (χ3v) is 3.32. The molecule has 2 rings (SSSR count). The van der Waals surface area contributed by atoms with Gasteiger partial charge in [-0.15, -0.1) is 0 Å². The molecule has 1 aliphatic heterocycles. The van der Waals surface area contributed by atoms with E-state index < -0.39 is 11.9 Å². The van der Waals surface area contributed by atoms with Crippen LogP contribution in [0.3, 0.4) is 0 Å². The molecular formula is C13H17NO3. The Balaban J connectivity index is 2.42. The van der Waals surface area contributed by atoms with Crippen LogP contribution >= 0.6 is 0 Å². The first-order valence-corrected chi connectivity index (χ1v) is 5.77. The van der Waals surface area contributed by atoms with Gasteiger partial charge in [-0.3, -0.25) is 9.69 Å². The molecule has 1 aromatic rings. The van der Waals surface area contributed by atoms with Crippen molar-refractivity contribution in [2.24, 2.45) is 0 Å². The van der Waals surface area contributed by atoms with Crippen molar-refractivity contribution < 1.29 is 15.0 Å². The zero-order valence-electron chi connectivity index (χ0n) is 10.1. The van der Waals surface area contributed by atoms with E-state index in [2.05, 4.69) is 18.7 Å². The smallest absolute Gasteiger partial charge is 0.312 e. The zero-order valence-corrected chi connectivity index (χ0v) is 10.1. The maximum atomic E-state index is 11.3. The highest BCUT2D eigenvalue weighted by Crippen LogP contribution is 2.32. The first-order valence-electron chi connectivity index (χ1n) is 5.77. The maximum absolute atomic E-state index is 11.3. The number of carboxylic acids is 1. The van der Waals surface area contributed by atoms with E-state index in [1.807, 2.05) is 6.07 Å². The second-order valence-electron chi connectivity index (χ2n) is 4.80. The minimum Gasteiger partial charge on any atom is -0.508 e. The quantitative estimate of drug-likeness (QED) is 0.820. The number of nitrogens with zero attached hydrogens (tertiary/aromatic N) is 1. The predicted molar refractivity (Wildman–Crippen MR) is 64.0 cm³/mol. The zero-order chi connectivity index (χ0) is 12.6. The molecule has 1 unspecified atom stereocenters. The molecule has 0 fully saturated rings. The normalized spacial score (nSPS) is 20.3. The first-order chi connectivity index (χ1) is 7.99. The molecule has 92 valence electrons. The Labute approximate surface area is 100 Å². The molecule has 0 bridgehead atoms. The topological polar surface area (TPSA) is 60.8 Å². The van der Waals surface area contributed by atoms with Crippen molar-refractivity contribution in [3.05, 3.63) is 29.3 Å². The van der Waals surface area contributed by atoms with Crippen LogP contribution in [0.1, 0.15) is 30.9 Å². The molecule has 1 aliphatic rings. The monoisotopic (exact) mass is 235 g/mol. The minimum absolute atomic E-state index is 0.132. The van der Waals surface area contributed by atoms with Gasteiger partial charge in [0, 0.05) is 19.1 Å². The van der Waals surface area contributed by atoms with Gasteiger partial charge in [-0.2, -0.15) is 0 Å². The van der Waals surface area contributed by atoms with Crippen LogP contribution in [-0.2, 0) is 11.3 Å². The highest BCUT2D eigenvalue weighted by molar-refractivity contribution is 5.77. The number of aliphatic carboxylic acids is 1. The van der Waals surface area contributed by atoms with Gasteiger partial charge in [-0.1, -0.05) is 6.07 Å². The summed E-state index contributed by atoms with van der Waals surface area (Å²) in [7, 11) is 0. The molecule has 2 N–H and O–H groups in total. The van der Waals surface area contributed by atoms with Gasteiger partial charge in [0.05, 0.1) is 5.92 Å². The number of phenols is 1. The van der Waals surface area contributed by atoms with Crippen molar-refractivity contribution in [1.82, 2.24) is 4.90 Å². The molecule has 1 heterocycles. The van der Waals surface area contributed by atoms with E-state index in [0.717, 1.165) is 17.7 Å². The Hall–Kier alpha value is -1.55. The highest BCUT2D eigenvalue weighted by atomic mass is 16.4. The molecule has 4 nitrogen and oxygen atoms in total. The lowest BCUT2D eigenvalue weighted by molar-refractivity contribution is -0.139. The Morgan fingerprint density at radius 3 is 2.76 bits per heavy atom. The molecule has 1 atom stereocenters. The molecule has 0 saturated carbocycles. The average Bonchev–Trinajstić information content (AvgIpc) is 2.27. The molecule has 1 aromatic carbocycles. The van der Waals surface area contributed by atoms with E-state index in [4.69, 9.17) is 0 Å². The van der Waals surface area contributed by atoms with Crippen molar-refractivity contribution in [1.29, 1.82) is 0 Å². The van der Waals surface area contributed by atoms with Crippen LogP contribution < -0.4 is 0 Å². The number of fused-ring (bicyclic) bond motifs is 1. The van der Waals surface area contributed by atoms with Gasteiger partial charge in [0.2, 0.25) is 0 Å². The number of aromatic hydroxyl groups is 1. The molecule has 0 saturated heterocycles. The number of benzene rings is 1. The SMILES string of the molecule is CC(C)N1Cc2ccc(O)cc2C(C(=O)O)C1. The Bertz CT molecular complexity index is 442. The van der Waals surface area contributed by atoms with Crippen LogP contribution in [0.15, 0.2) is 18.2 Å². The van der Waals surface area contributed by atoms with Gasteiger partial charge in [0.25, 0.3) is 0 Å². The number of hydrogen-bond acceptors (Lipinski definition) is 3. The molecule has 0 aliphatic carbocycles. The summed E-state index contributed by atoms with van der Waals surface area (Å²) in [5, 5.41) is 18.7. The van der Waals surface area contributed by atoms with Crippen molar-refractivity contribution in [2.75, 3.05) is 6.54 Å². The van der Waals surface area contributed by atoms with Crippen LogP contribution in [0, 0.1) is 0 Å². The molecule has 4 heteroatoms. The van der Waals surface area contributed by atoms with E-state index >= 15 is 0 Å². The number of phenolic OH excluding ortho intramolecular Hbond substituents is 1. The summed E-state index contributed by atoms with van der Waals surface area (Å²) < 4.78 is 0. The lowest BCUT2D eigenvalue weighted by Crippen LogP contribution is -2.40. The van der Waals surface area contributed by atoms with E-state index in [9.17, 15) is 15.0 Å². The number of hydrogen-bond donors (Lipinski definition) is 2. The second-order valence-corrected chi connectivity index (χ2v) is 4.80. The fourth-order valence-corrected chi connectivity index (χ4v) is 2.27. The summed E-state index contributed by atoms with van der Waals surface area (Å²) >= 11 is 0. The van der Waals surface area contributed by atoms with Crippen molar-refractivity contribution >= 4 is 5.97 Å². The predicted octanol–water partition coefficient (Wildman–Crippen LogP) is 1.78. The van der Waals surface area contributed by atoms with E-state index in [0.29, 0.717) is 12.6 Å². The number of carboxylic acid groups (broad SMARTS) is 1. The fraction of sp³-hybridized carbons (Fsp3) is 0.462. The van der Waals surface area contributed by atoms with Gasteiger partial charge in [-0.05, 0) is 37.1 Å². The standard InChI is InChI=1S/C13H17NO3/c1-8(2)14-6-9-3-4-10(15)5-11(9)12(7-14)13(16)17/h3-5,8,12,15H,6-7H2,1-2H3,(H,16,17). The molecule has 0 aromatic heterocycles. The van der Waals surface area contributed by atoms with Crippen LogP contribution in [0.5, 0.6) is 5.75 Å². The van der Waals surface area contributed by atoms with Crippen LogP contribution in [0.25, 0.3) is 0 Å². The summed E-state index contributed by atoms with van der Waals surface area (Å²) in [5.74, 6) is -1.25. The van der Waals surface area contributed by atoms with E-state index in [-0.39, 0.29) is 5.75 Å². The van der Waals surface area contributed by atoms with Crippen LogP contribution in [0.4, 0.5) is 0 Å². The molecule has 0 spiro atoms. The van der Waals surface area contributed by atoms with E-state index in [1.54, 1.807) is 12.1 Å². The maximum Gasteiger partial charge on any atom is 0.312 e. The Morgan fingerprint density at radius 2 is 2.18 bits per heavy atom. The summed E-state index contributed by atoms with van der Waals surface area (Å²) in [4.78, 5) is 13.4. The number of carbonyl (C=O) groups is 1. The summed E-state index contributed by atoms with van der Waals surface area (Å²) in [6.45, 7) is 5.37. The van der Waals surface area contributed by atoms with Gasteiger partial charge >= 0.3 is 5.97 Å². The lowest BCUT2D eigenvalue weighted by Gasteiger charge is -2.35. The van der Waals surface area contributed by atoms with E-state index in [1.165, 1.54) is 0 Å². The largest absolute Gasteiger partial charge is 0.508 e. The summed E-state index contributed by atoms with van der Waals surface area (Å²) in [6, 6.07) is 5.32. The second kappa shape index (κ2) is 4.37. The third-order valence-electron chi connectivity index (χ3n) is 3.32. The van der Waals surface area contributed by atoms with Crippen molar-refractivity contribution in [2.45, 2.75) is 32.4 Å². The Kier molecular flexibility index (Phi) is 3.07. The van der Waals surface area contributed by atoms with Crippen LogP contribution in [-0.4, -0.2) is 33.7 Å². The van der Waals surface area contributed by atoms with Gasteiger partial charge < -0.3 is 10.2 Å². The van der Waals surface area contributed by atoms with Gasteiger partial charge in [0.1, 0.15) is 5.75 Å². The van der Waals surface area contributed by atoms with Crippen molar-refractivity contribution in [3.8, 4) is 5.75 Å². The molecule has 0 amide bonds.